The van der Waals surface area contributed by atoms with Gasteiger partial charge in [-0.25, -0.2) is 4.79 Å². The van der Waals surface area contributed by atoms with Gasteiger partial charge < -0.3 is 39.7 Å². The number of hydrogen-bond donors (Lipinski definition) is 5. The largest absolute Gasteiger partial charge is 0.497 e. The minimum atomic E-state index is -1.58. The molecule has 0 aromatic heterocycles. The summed E-state index contributed by atoms with van der Waals surface area (Å²) in [7, 11) is 1.43. The second-order valence-electron chi connectivity index (χ2n) is 5.39. The van der Waals surface area contributed by atoms with Gasteiger partial charge in [-0.2, -0.15) is 0 Å². The van der Waals surface area contributed by atoms with E-state index in [0.29, 0.717) is 11.3 Å². The molecule has 1 unspecified atom stereocenters. The van der Waals surface area contributed by atoms with Gasteiger partial charge in [0.25, 0.3) is 0 Å². The first-order chi connectivity index (χ1) is 11.9. The van der Waals surface area contributed by atoms with Crippen LogP contribution in [0.25, 0.3) is 6.08 Å². The molecular formula is C16H20O9. The molecule has 0 saturated carbocycles. The molecule has 5 N–H and O–H groups in total. The number of carboxylic acid groups (broad SMARTS) is 1. The van der Waals surface area contributed by atoms with E-state index in [0.717, 1.165) is 6.08 Å². The van der Waals surface area contributed by atoms with Crippen molar-refractivity contribution in [2.24, 2.45) is 0 Å². The first-order valence-electron chi connectivity index (χ1n) is 7.43. The van der Waals surface area contributed by atoms with Crippen molar-refractivity contribution in [1.82, 2.24) is 0 Å². The van der Waals surface area contributed by atoms with Crippen molar-refractivity contribution in [2.75, 3.05) is 13.7 Å². The van der Waals surface area contributed by atoms with E-state index in [1.54, 1.807) is 6.07 Å². The molecule has 0 radical (unpaired) electrons. The summed E-state index contributed by atoms with van der Waals surface area (Å²) in [4.78, 5) is 10.7. The van der Waals surface area contributed by atoms with E-state index >= 15 is 0 Å². The monoisotopic (exact) mass is 356 g/mol. The lowest BCUT2D eigenvalue weighted by molar-refractivity contribution is -0.277. The van der Waals surface area contributed by atoms with Crippen LogP contribution in [0.2, 0.25) is 0 Å². The lowest BCUT2D eigenvalue weighted by Gasteiger charge is -2.39. The maximum atomic E-state index is 10.7. The molecule has 138 valence electrons. The Bertz CT molecular complexity index is 628. The number of rotatable bonds is 6. The molecule has 0 amide bonds. The van der Waals surface area contributed by atoms with E-state index in [1.165, 1.54) is 25.3 Å². The highest BCUT2D eigenvalue weighted by Crippen LogP contribution is 2.30. The molecular weight excluding hydrogens is 336 g/mol. The SMILES string of the molecule is COc1ccc(/C=C\C(=O)O)c(OC2O[C@H](CO)[C@@H](O)[C@H](O)[C@H]2O)c1. The molecule has 2 rings (SSSR count). The number of carboxylic acids is 1. The summed E-state index contributed by atoms with van der Waals surface area (Å²) in [5.41, 5.74) is 0.361. The van der Waals surface area contributed by atoms with Gasteiger partial charge in [-0.3, -0.25) is 0 Å². The van der Waals surface area contributed by atoms with E-state index in [4.69, 9.17) is 19.3 Å². The van der Waals surface area contributed by atoms with Crippen molar-refractivity contribution < 1.29 is 44.5 Å². The molecule has 0 bridgehead atoms. The Morgan fingerprint density at radius 2 is 1.96 bits per heavy atom. The summed E-state index contributed by atoms with van der Waals surface area (Å²) in [5, 5.41) is 47.6. The van der Waals surface area contributed by atoms with Gasteiger partial charge in [0, 0.05) is 17.7 Å². The molecule has 1 saturated heterocycles. The van der Waals surface area contributed by atoms with Crippen LogP contribution in [-0.2, 0) is 9.53 Å². The van der Waals surface area contributed by atoms with Crippen molar-refractivity contribution in [3.05, 3.63) is 29.8 Å². The Hall–Kier alpha value is -2.17. The maximum Gasteiger partial charge on any atom is 0.328 e. The van der Waals surface area contributed by atoms with Crippen molar-refractivity contribution in [2.45, 2.75) is 30.7 Å². The third-order valence-electron chi connectivity index (χ3n) is 3.72. The average molecular weight is 356 g/mol. The molecule has 9 heteroatoms. The highest BCUT2D eigenvalue weighted by molar-refractivity contribution is 5.86. The van der Waals surface area contributed by atoms with Gasteiger partial charge in [-0.1, -0.05) is 0 Å². The molecule has 1 heterocycles. The summed E-state index contributed by atoms with van der Waals surface area (Å²) >= 11 is 0. The van der Waals surface area contributed by atoms with Crippen LogP contribution in [0.5, 0.6) is 11.5 Å². The Morgan fingerprint density at radius 1 is 1.24 bits per heavy atom. The first-order valence-corrected chi connectivity index (χ1v) is 7.43. The fraction of sp³-hybridized carbons (Fsp3) is 0.438. The van der Waals surface area contributed by atoms with Crippen molar-refractivity contribution in [3.63, 3.8) is 0 Å². The fourth-order valence-electron chi connectivity index (χ4n) is 2.33. The fourth-order valence-corrected chi connectivity index (χ4v) is 2.33. The van der Waals surface area contributed by atoms with E-state index in [-0.39, 0.29) is 5.75 Å². The average Bonchev–Trinajstić information content (AvgIpc) is 2.60. The van der Waals surface area contributed by atoms with Gasteiger partial charge in [-0.15, -0.1) is 0 Å². The summed E-state index contributed by atoms with van der Waals surface area (Å²) in [6, 6.07) is 4.57. The molecule has 25 heavy (non-hydrogen) atoms. The zero-order valence-corrected chi connectivity index (χ0v) is 13.3. The quantitative estimate of drug-likeness (QED) is 0.404. The van der Waals surface area contributed by atoms with Gasteiger partial charge in [-0.05, 0) is 18.2 Å². The standard InChI is InChI=1S/C16H20O9/c1-23-9-4-2-8(3-5-12(18)19)10(6-9)24-16-15(22)14(21)13(20)11(7-17)25-16/h2-6,11,13-17,20-22H,7H2,1H3,(H,18,19)/b5-3-/t11-,13-,14+,15-,16?/m1/s1. The molecule has 1 aliphatic heterocycles. The Kier molecular flexibility index (Phi) is 6.34. The second-order valence-corrected chi connectivity index (χ2v) is 5.39. The molecule has 5 atom stereocenters. The smallest absolute Gasteiger partial charge is 0.328 e. The predicted molar refractivity (Wildman–Crippen MR) is 84.1 cm³/mol. The van der Waals surface area contributed by atoms with Gasteiger partial charge in [0.2, 0.25) is 6.29 Å². The van der Waals surface area contributed by atoms with E-state index in [1.807, 2.05) is 0 Å². The molecule has 0 spiro atoms. The lowest BCUT2D eigenvalue weighted by atomic mass is 9.99. The Balaban J connectivity index is 2.29. The van der Waals surface area contributed by atoms with Crippen LogP contribution < -0.4 is 9.47 Å². The van der Waals surface area contributed by atoms with Crippen LogP contribution in [0.3, 0.4) is 0 Å². The second kappa shape index (κ2) is 8.28. The van der Waals surface area contributed by atoms with E-state index < -0.39 is 43.3 Å². The van der Waals surface area contributed by atoms with Crippen molar-refractivity contribution in [1.29, 1.82) is 0 Å². The van der Waals surface area contributed by atoms with Gasteiger partial charge in [0.1, 0.15) is 35.9 Å². The van der Waals surface area contributed by atoms with E-state index in [2.05, 4.69) is 0 Å². The molecule has 1 aliphatic rings. The topological polar surface area (TPSA) is 146 Å². The summed E-state index contributed by atoms with van der Waals surface area (Å²) in [5.74, 6) is -0.622. The van der Waals surface area contributed by atoms with Crippen LogP contribution >= 0.6 is 0 Å². The lowest BCUT2D eigenvalue weighted by Crippen LogP contribution is -2.60. The van der Waals surface area contributed by atoms with E-state index in [9.17, 15) is 25.2 Å². The third-order valence-corrected chi connectivity index (χ3v) is 3.72. The highest BCUT2D eigenvalue weighted by Gasteiger charge is 2.44. The highest BCUT2D eigenvalue weighted by atomic mass is 16.7. The number of aliphatic hydroxyl groups excluding tert-OH is 4. The number of carbonyl (C=O) groups is 1. The van der Waals surface area contributed by atoms with Gasteiger partial charge >= 0.3 is 5.97 Å². The molecule has 1 aromatic carbocycles. The summed E-state index contributed by atoms with van der Waals surface area (Å²) in [6.07, 6.45) is -4.99. The molecule has 0 aliphatic carbocycles. The number of aliphatic hydroxyl groups is 4. The van der Waals surface area contributed by atoms with Crippen LogP contribution in [0, 0.1) is 0 Å². The van der Waals surface area contributed by atoms with Crippen LogP contribution in [0.15, 0.2) is 24.3 Å². The minimum absolute atomic E-state index is 0.126. The van der Waals surface area contributed by atoms with Crippen LogP contribution in [0.1, 0.15) is 5.56 Å². The zero-order chi connectivity index (χ0) is 18.6. The Morgan fingerprint density at radius 3 is 2.56 bits per heavy atom. The van der Waals surface area contributed by atoms with Gasteiger partial charge in [0.15, 0.2) is 0 Å². The van der Waals surface area contributed by atoms with Crippen molar-refractivity contribution in [3.8, 4) is 11.5 Å². The van der Waals surface area contributed by atoms with Crippen LogP contribution in [-0.4, -0.2) is 75.9 Å². The predicted octanol–water partition coefficient (Wildman–Crippen LogP) is -1.03. The number of ether oxygens (including phenoxy) is 3. The molecule has 1 aromatic rings. The zero-order valence-electron chi connectivity index (χ0n) is 13.3. The third kappa shape index (κ3) is 4.47. The van der Waals surface area contributed by atoms with Crippen LogP contribution in [0.4, 0.5) is 0 Å². The number of hydrogen-bond acceptors (Lipinski definition) is 8. The van der Waals surface area contributed by atoms with Crippen molar-refractivity contribution >= 4 is 12.0 Å². The summed E-state index contributed by atoms with van der Waals surface area (Å²) < 4.78 is 15.9. The number of methoxy groups -OCH3 is 1. The Labute approximate surface area is 143 Å². The number of benzene rings is 1. The normalized spacial score (nSPS) is 29.6. The number of aliphatic carboxylic acids is 1. The molecule has 1 fully saturated rings. The molecule has 9 nitrogen and oxygen atoms in total. The summed E-state index contributed by atoms with van der Waals surface area (Å²) in [6.45, 7) is -0.589. The first kappa shape index (κ1) is 19.2. The maximum absolute atomic E-state index is 10.7. The minimum Gasteiger partial charge on any atom is -0.497 e. The van der Waals surface area contributed by atoms with Gasteiger partial charge in [0.05, 0.1) is 13.7 Å².